The van der Waals surface area contributed by atoms with Gasteiger partial charge in [0.15, 0.2) is 0 Å². The van der Waals surface area contributed by atoms with Crippen molar-refractivity contribution in [1.82, 2.24) is 4.90 Å². The number of hydrogen-bond acceptors (Lipinski definition) is 4. The van der Waals surface area contributed by atoms with Crippen molar-refractivity contribution in [1.29, 1.82) is 0 Å². The third-order valence-corrected chi connectivity index (χ3v) is 4.15. The first-order chi connectivity index (χ1) is 11.1. The number of carbonyl (C=O) groups is 2. The van der Waals surface area contributed by atoms with Crippen molar-refractivity contribution >= 4 is 12.1 Å². The minimum Gasteiger partial charge on any atom is -0.481 e. The Bertz CT molecular complexity index is 519. The number of carboxylic acids is 1. The minimum atomic E-state index is -0.950. The van der Waals surface area contributed by atoms with Gasteiger partial charge in [0.05, 0.1) is 19.1 Å². The molecule has 1 amide bonds. The first-order valence-corrected chi connectivity index (χ1v) is 7.93. The summed E-state index contributed by atoms with van der Waals surface area (Å²) in [5.74, 6) is -0.950. The van der Waals surface area contributed by atoms with Crippen LogP contribution < -0.4 is 0 Å². The zero-order chi connectivity index (χ0) is 16.7. The number of hydrogen-bond donors (Lipinski definition) is 2. The zero-order valence-corrected chi connectivity index (χ0v) is 13.1. The number of carboxylic acid groups (broad SMARTS) is 1. The number of likely N-dealkylation sites (tertiary alicyclic amines) is 1. The third kappa shape index (κ3) is 4.96. The molecule has 0 unspecified atom stereocenters. The van der Waals surface area contributed by atoms with E-state index in [0.717, 1.165) is 18.4 Å². The number of carbonyl (C=O) groups excluding carboxylic acids is 1. The second-order valence-corrected chi connectivity index (χ2v) is 5.82. The lowest BCUT2D eigenvalue weighted by molar-refractivity contribution is -0.138. The van der Waals surface area contributed by atoms with Gasteiger partial charge in [0.1, 0.15) is 6.61 Å². The molecule has 0 saturated carbocycles. The van der Waals surface area contributed by atoms with Crippen LogP contribution in [0.25, 0.3) is 0 Å². The number of aliphatic carboxylic acids is 1. The van der Waals surface area contributed by atoms with Gasteiger partial charge in [-0.15, -0.1) is 0 Å². The van der Waals surface area contributed by atoms with Gasteiger partial charge in [-0.1, -0.05) is 43.2 Å². The van der Waals surface area contributed by atoms with Crippen LogP contribution in [-0.4, -0.2) is 45.9 Å². The van der Waals surface area contributed by atoms with Crippen molar-refractivity contribution in [2.75, 3.05) is 6.61 Å². The summed E-state index contributed by atoms with van der Waals surface area (Å²) in [6.45, 7) is -0.0509. The Morgan fingerprint density at radius 3 is 2.39 bits per heavy atom. The van der Waals surface area contributed by atoms with E-state index in [4.69, 9.17) is 9.84 Å². The molecule has 1 aromatic carbocycles. The maximum Gasteiger partial charge on any atom is 0.410 e. The number of aliphatic hydroxyl groups excluding tert-OH is 1. The van der Waals surface area contributed by atoms with E-state index in [-0.39, 0.29) is 25.7 Å². The smallest absolute Gasteiger partial charge is 0.410 e. The highest BCUT2D eigenvalue weighted by Crippen LogP contribution is 2.25. The van der Waals surface area contributed by atoms with Crippen molar-refractivity contribution in [2.24, 2.45) is 0 Å². The normalized spacial score (nSPS) is 21.5. The second kappa shape index (κ2) is 8.53. The lowest BCUT2D eigenvalue weighted by atomic mass is 10.1. The third-order valence-electron chi connectivity index (χ3n) is 4.15. The van der Waals surface area contributed by atoms with E-state index in [1.165, 1.54) is 4.90 Å². The summed E-state index contributed by atoms with van der Waals surface area (Å²) in [7, 11) is 0. The Morgan fingerprint density at radius 1 is 1.13 bits per heavy atom. The van der Waals surface area contributed by atoms with Crippen molar-refractivity contribution in [3.05, 3.63) is 35.9 Å². The van der Waals surface area contributed by atoms with E-state index >= 15 is 0 Å². The molecule has 23 heavy (non-hydrogen) atoms. The van der Waals surface area contributed by atoms with E-state index in [1.807, 2.05) is 30.3 Å². The highest BCUT2D eigenvalue weighted by molar-refractivity contribution is 5.72. The SMILES string of the molecule is O=C(O)C[C@H]1CCCC[C@@H](CO)N1C(=O)OCc1ccccc1. The second-order valence-electron chi connectivity index (χ2n) is 5.82. The Labute approximate surface area is 135 Å². The summed E-state index contributed by atoms with van der Waals surface area (Å²) in [5.41, 5.74) is 0.867. The van der Waals surface area contributed by atoms with Crippen LogP contribution in [0.5, 0.6) is 0 Å². The largest absolute Gasteiger partial charge is 0.481 e. The summed E-state index contributed by atoms with van der Waals surface area (Å²) >= 11 is 0. The van der Waals surface area contributed by atoms with E-state index in [1.54, 1.807) is 0 Å². The van der Waals surface area contributed by atoms with E-state index in [9.17, 15) is 14.7 Å². The molecule has 1 fully saturated rings. The molecule has 2 rings (SSSR count). The molecule has 1 aliphatic rings. The fourth-order valence-corrected chi connectivity index (χ4v) is 3.01. The Hall–Kier alpha value is -2.08. The van der Waals surface area contributed by atoms with Crippen LogP contribution in [0.15, 0.2) is 30.3 Å². The average Bonchev–Trinajstić information content (AvgIpc) is 2.75. The first kappa shape index (κ1) is 17.3. The molecule has 6 nitrogen and oxygen atoms in total. The molecule has 0 radical (unpaired) electrons. The molecule has 2 atom stereocenters. The van der Waals surface area contributed by atoms with Gasteiger partial charge in [-0.25, -0.2) is 4.79 Å². The lowest BCUT2D eigenvalue weighted by Gasteiger charge is -2.34. The van der Waals surface area contributed by atoms with Crippen molar-refractivity contribution < 1.29 is 24.5 Å². The molecule has 0 spiro atoms. The van der Waals surface area contributed by atoms with E-state index in [0.29, 0.717) is 12.8 Å². The molecular weight excluding hydrogens is 298 g/mol. The molecule has 1 heterocycles. The molecule has 1 saturated heterocycles. The molecule has 1 aromatic rings. The van der Waals surface area contributed by atoms with Gasteiger partial charge in [0.2, 0.25) is 0 Å². The van der Waals surface area contributed by atoms with Gasteiger partial charge in [0, 0.05) is 6.04 Å². The molecule has 0 aliphatic carbocycles. The highest BCUT2D eigenvalue weighted by Gasteiger charge is 2.34. The van der Waals surface area contributed by atoms with Crippen LogP contribution in [0.2, 0.25) is 0 Å². The van der Waals surface area contributed by atoms with E-state index in [2.05, 4.69) is 0 Å². The van der Waals surface area contributed by atoms with E-state index < -0.39 is 18.1 Å². The number of amides is 1. The number of rotatable bonds is 5. The van der Waals surface area contributed by atoms with Crippen molar-refractivity contribution in [3.63, 3.8) is 0 Å². The monoisotopic (exact) mass is 321 g/mol. The van der Waals surface area contributed by atoms with Crippen LogP contribution in [-0.2, 0) is 16.1 Å². The van der Waals surface area contributed by atoms with Gasteiger partial charge in [-0.2, -0.15) is 0 Å². The fraction of sp³-hybridized carbons (Fsp3) is 0.529. The Kier molecular flexibility index (Phi) is 6.40. The standard InChI is InChI=1S/C17H23NO5/c19-11-15-9-5-4-8-14(10-16(20)21)18(15)17(22)23-12-13-6-2-1-3-7-13/h1-3,6-7,14-15,19H,4-5,8-12H2,(H,20,21)/t14-,15+/m1/s1. The summed E-state index contributed by atoms with van der Waals surface area (Å²) in [4.78, 5) is 25.0. The minimum absolute atomic E-state index is 0.128. The molecule has 126 valence electrons. The van der Waals surface area contributed by atoms with Crippen LogP contribution in [0.3, 0.4) is 0 Å². The molecular formula is C17H23NO5. The highest BCUT2D eigenvalue weighted by atomic mass is 16.6. The number of ether oxygens (including phenoxy) is 1. The van der Waals surface area contributed by atoms with Crippen LogP contribution >= 0.6 is 0 Å². The number of aliphatic hydroxyl groups is 1. The Balaban J connectivity index is 2.07. The van der Waals surface area contributed by atoms with Gasteiger partial charge >= 0.3 is 12.1 Å². The molecule has 0 bridgehead atoms. The van der Waals surface area contributed by atoms with Crippen LogP contribution in [0.4, 0.5) is 4.79 Å². The van der Waals surface area contributed by atoms with Crippen LogP contribution in [0.1, 0.15) is 37.7 Å². The quantitative estimate of drug-likeness (QED) is 0.869. The van der Waals surface area contributed by atoms with Gasteiger partial charge in [0.25, 0.3) is 0 Å². The predicted molar refractivity (Wildman–Crippen MR) is 83.8 cm³/mol. The maximum absolute atomic E-state index is 12.5. The maximum atomic E-state index is 12.5. The zero-order valence-electron chi connectivity index (χ0n) is 13.1. The number of nitrogens with zero attached hydrogens (tertiary/aromatic N) is 1. The molecule has 6 heteroatoms. The first-order valence-electron chi connectivity index (χ1n) is 7.93. The summed E-state index contributed by atoms with van der Waals surface area (Å²) < 4.78 is 5.35. The fourth-order valence-electron chi connectivity index (χ4n) is 3.01. The van der Waals surface area contributed by atoms with Gasteiger partial charge in [-0.3, -0.25) is 9.69 Å². The average molecular weight is 321 g/mol. The molecule has 0 aromatic heterocycles. The molecule has 2 N–H and O–H groups in total. The summed E-state index contributed by atoms with van der Waals surface area (Å²) in [5, 5.41) is 18.7. The van der Waals surface area contributed by atoms with Gasteiger partial charge < -0.3 is 14.9 Å². The molecule has 1 aliphatic heterocycles. The lowest BCUT2D eigenvalue weighted by Crippen LogP contribution is -2.48. The Morgan fingerprint density at radius 2 is 1.78 bits per heavy atom. The summed E-state index contributed by atoms with van der Waals surface area (Å²) in [6.07, 6.45) is 2.30. The summed E-state index contributed by atoms with van der Waals surface area (Å²) in [6, 6.07) is 8.49. The predicted octanol–water partition coefficient (Wildman–Crippen LogP) is 2.40. The van der Waals surface area contributed by atoms with Crippen molar-refractivity contribution in [3.8, 4) is 0 Å². The topological polar surface area (TPSA) is 87.1 Å². The number of benzene rings is 1. The van der Waals surface area contributed by atoms with Crippen molar-refractivity contribution in [2.45, 2.75) is 50.8 Å². The van der Waals surface area contributed by atoms with Crippen LogP contribution in [0, 0.1) is 0 Å². The van der Waals surface area contributed by atoms with Gasteiger partial charge in [-0.05, 0) is 18.4 Å².